The number of anilines is 1. The molecule has 0 amide bonds. The van der Waals surface area contributed by atoms with Gasteiger partial charge in [-0.2, -0.15) is 5.26 Å². The molecule has 8 heteroatoms. The molecular formula is C16H13FN4O3. The largest absolute Gasteiger partial charge is 0.384 e. The maximum Gasteiger partial charge on any atom is 0.332 e. The van der Waals surface area contributed by atoms with Gasteiger partial charge in [0.05, 0.1) is 0 Å². The summed E-state index contributed by atoms with van der Waals surface area (Å²) in [5.74, 6) is -1.81. The fraction of sp³-hybridized carbons (Fsp3) is 0.125. The second-order valence-electron chi connectivity index (χ2n) is 5.02. The number of rotatable bonds is 3. The molecule has 0 aliphatic rings. The van der Waals surface area contributed by atoms with Crippen LogP contribution < -0.4 is 17.0 Å². The van der Waals surface area contributed by atoms with Crippen molar-refractivity contribution in [1.29, 1.82) is 5.26 Å². The van der Waals surface area contributed by atoms with E-state index in [2.05, 4.69) is 0 Å². The van der Waals surface area contributed by atoms with Crippen molar-refractivity contribution in [1.82, 2.24) is 9.13 Å². The fourth-order valence-electron chi connectivity index (χ4n) is 2.12. The smallest absolute Gasteiger partial charge is 0.332 e. The predicted molar refractivity (Wildman–Crippen MR) is 85.7 cm³/mol. The molecule has 1 heterocycles. The van der Waals surface area contributed by atoms with Gasteiger partial charge >= 0.3 is 5.69 Å². The van der Waals surface area contributed by atoms with E-state index in [1.807, 2.05) is 0 Å². The van der Waals surface area contributed by atoms with Gasteiger partial charge in [-0.1, -0.05) is 12.1 Å². The number of benzene rings is 1. The van der Waals surface area contributed by atoms with Gasteiger partial charge in [0.15, 0.2) is 0 Å². The number of nitriles is 1. The minimum absolute atomic E-state index is 0.278. The minimum Gasteiger partial charge on any atom is -0.384 e. The van der Waals surface area contributed by atoms with E-state index in [9.17, 15) is 24.0 Å². The summed E-state index contributed by atoms with van der Waals surface area (Å²) in [5.41, 5.74) is 3.50. The first-order valence-corrected chi connectivity index (χ1v) is 6.75. The molecule has 0 bridgehead atoms. The molecule has 24 heavy (non-hydrogen) atoms. The minimum atomic E-state index is -0.935. The van der Waals surface area contributed by atoms with Crippen LogP contribution in [0.1, 0.15) is 15.9 Å². The van der Waals surface area contributed by atoms with Gasteiger partial charge in [0.25, 0.3) is 5.56 Å². The molecule has 0 aliphatic heterocycles. The maximum absolute atomic E-state index is 13.2. The Bertz CT molecular complexity index is 1030. The van der Waals surface area contributed by atoms with Gasteiger partial charge in [-0.25, -0.2) is 9.18 Å². The van der Waals surface area contributed by atoms with Gasteiger partial charge in [0.1, 0.15) is 28.8 Å². The van der Waals surface area contributed by atoms with E-state index >= 15 is 0 Å². The summed E-state index contributed by atoms with van der Waals surface area (Å²) in [6.45, 7) is 0. The number of ketones is 1. The molecular weight excluding hydrogens is 315 g/mol. The fourth-order valence-corrected chi connectivity index (χ4v) is 2.12. The number of nitrogens with two attached hydrogens (primary N) is 1. The second-order valence-corrected chi connectivity index (χ2v) is 5.02. The Morgan fingerprint density at radius 2 is 1.96 bits per heavy atom. The van der Waals surface area contributed by atoms with Gasteiger partial charge in [-0.05, 0) is 23.8 Å². The highest BCUT2D eigenvalue weighted by Crippen LogP contribution is 2.14. The number of aromatic nitrogens is 2. The van der Waals surface area contributed by atoms with Crippen LogP contribution in [-0.4, -0.2) is 14.9 Å². The first kappa shape index (κ1) is 16.9. The van der Waals surface area contributed by atoms with Crippen molar-refractivity contribution in [2.75, 3.05) is 5.73 Å². The van der Waals surface area contributed by atoms with Crippen molar-refractivity contribution in [2.24, 2.45) is 14.1 Å². The van der Waals surface area contributed by atoms with Crippen LogP contribution in [0.15, 0.2) is 39.4 Å². The average Bonchev–Trinajstić information content (AvgIpc) is 2.56. The molecule has 0 saturated carbocycles. The van der Waals surface area contributed by atoms with Gasteiger partial charge in [-0.15, -0.1) is 0 Å². The Morgan fingerprint density at radius 1 is 1.29 bits per heavy atom. The SMILES string of the molecule is Cn1c(N)c(C(=O)/C(C#N)=C/c2cccc(F)c2)c(=O)n(C)c1=O. The van der Waals surface area contributed by atoms with E-state index in [-0.39, 0.29) is 11.4 Å². The summed E-state index contributed by atoms with van der Waals surface area (Å²) in [4.78, 5) is 36.5. The van der Waals surface area contributed by atoms with E-state index in [0.29, 0.717) is 0 Å². The molecule has 0 radical (unpaired) electrons. The molecule has 0 spiro atoms. The average molecular weight is 328 g/mol. The van der Waals surface area contributed by atoms with Crippen LogP contribution in [0.3, 0.4) is 0 Å². The van der Waals surface area contributed by atoms with Crippen LogP contribution in [0.25, 0.3) is 6.08 Å². The Labute approximate surface area is 135 Å². The normalized spacial score (nSPS) is 11.2. The molecule has 0 atom stereocenters. The maximum atomic E-state index is 13.2. The monoisotopic (exact) mass is 328 g/mol. The van der Waals surface area contributed by atoms with Crippen molar-refractivity contribution in [2.45, 2.75) is 0 Å². The molecule has 1 aromatic carbocycles. The lowest BCUT2D eigenvalue weighted by Crippen LogP contribution is -2.41. The first-order valence-electron chi connectivity index (χ1n) is 6.75. The molecule has 2 aromatic rings. The van der Waals surface area contributed by atoms with Gasteiger partial charge < -0.3 is 5.73 Å². The third-order valence-electron chi connectivity index (χ3n) is 3.46. The van der Waals surface area contributed by atoms with Crippen molar-refractivity contribution < 1.29 is 9.18 Å². The number of hydrogen-bond donors (Lipinski definition) is 1. The highest BCUT2D eigenvalue weighted by atomic mass is 19.1. The number of Topliss-reactive ketones (excluding diaryl/α,β-unsaturated/α-hetero) is 1. The Balaban J connectivity index is 2.66. The summed E-state index contributed by atoms with van der Waals surface area (Å²) in [5, 5.41) is 9.21. The number of nitrogen functional groups attached to an aromatic ring is 1. The van der Waals surface area contributed by atoms with E-state index in [0.717, 1.165) is 21.3 Å². The quantitative estimate of drug-likeness (QED) is 0.504. The number of allylic oxidation sites excluding steroid dienone is 1. The number of carbonyl (C=O) groups is 1. The summed E-state index contributed by atoms with van der Waals surface area (Å²) in [6, 6.07) is 6.93. The number of carbonyl (C=O) groups excluding carboxylic acids is 1. The van der Waals surface area contributed by atoms with Crippen LogP contribution >= 0.6 is 0 Å². The highest BCUT2D eigenvalue weighted by molar-refractivity contribution is 6.16. The number of halogens is 1. The standard InChI is InChI=1S/C16H13FN4O3/c1-20-14(19)12(15(23)21(2)16(20)24)13(22)10(8-18)6-9-4-3-5-11(17)7-9/h3-7H,19H2,1-2H3/b10-6+. The van der Waals surface area contributed by atoms with E-state index in [4.69, 9.17) is 5.73 Å². The Morgan fingerprint density at radius 3 is 2.54 bits per heavy atom. The van der Waals surface area contributed by atoms with Crippen LogP contribution in [0, 0.1) is 17.1 Å². The summed E-state index contributed by atoms with van der Waals surface area (Å²) >= 11 is 0. The number of hydrogen-bond acceptors (Lipinski definition) is 5. The van der Waals surface area contributed by atoms with E-state index in [1.165, 1.54) is 32.3 Å². The van der Waals surface area contributed by atoms with Crippen LogP contribution in [0.4, 0.5) is 10.2 Å². The lowest BCUT2D eigenvalue weighted by molar-refractivity contribution is 0.103. The van der Waals surface area contributed by atoms with Crippen molar-refractivity contribution in [3.8, 4) is 6.07 Å². The summed E-state index contributed by atoms with van der Waals surface area (Å²) in [7, 11) is 2.50. The molecule has 2 N–H and O–H groups in total. The van der Waals surface area contributed by atoms with Crippen LogP contribution in [-0.2, 0) is 14.1 Å². The zero-order valence-corrected chi connectivity index (χ0v) is 12.9. The summed E-state index contributed by atoms with van der Waals surface area (Å²) < 4.78 is 14.9. The van der Waals surface area contributed by atoms with E-state index in [1.54, 1.807) is 6.07 Å². The molecule has 122 valence electrons. The third kappa shape index (κ3) is 2.87. The van der Waals surface area contributed by atoms with Crippen LogP contribution in [0.2, 0.25) is 0 Å². The van der Waals surface area contributed by atoms with Gasteiger partial charge in [-0.3, -0.25) is 18.7 Å². The molecule has 0 unspecified atom stereocenters. The lowest BCUT2D eigenvalue weighted by atomic mass is 10.0. The number of nitrogens with zero attached hydrogens (tertiary/aromatic N) is 3. The highest BCUT2D eigenvalue weighted by Gasteiger charge is 2.23. The zero-order chi connectivity index (χ0) is 18.0. The first-order chi connectivity index (χ1) is 11.3. The molecule has 0 fully saturated rings. The Kier molecular flexibility index (Phi) is 4.46. The Hall–Kier alpha value is -3.47. The van der Waals surface area contributed by atoms with Crippen molar-refractivity contribution in [3.05, 3.63) is 67.6 Å². The summed E-state index contributed by atoms with van der Waals surface area (Å²) in [6.07, 6.45) is 1.15. The third-order valence-corrected chi connectivity index (χ3v) is 3.46. The topological polar surface area (TPSA) is 111 Å². The lowest BCUT2D eigenvalue weighted by Gasteiger charge is -2.10. The second kappa shape index (κ2) is 6.34. The molecule has 0 aliphatic carbocycles. The van der Waals surface area contributed by atoms with Crippen LogP contribution in [0.5, 0.6) is 0 Å². The molecule has 1 aromatic heterocycles. The van der Waals surface area contributed by atoms with Crippen molar-refractivity contribution >= 4 is 17.7 Å². The van der Waals surface area contributed by atoms with Crippen molar-refractivity contribution in [3.63, 3.8) is 0 Å². The van der Waals surface area contributed by atoms with Gasteiger partial charge in [0.2, 0.25) is 5.78 Å². The van der Waals surface area contributed by atoms with Gasteiger partial charge in [0, 0.05) is 14.1 Å². The van der Waals surface area contributed by atoms with E-state index < -0.39 is 34.0 Å². The molecule has 2 rings (SSSR count). The zero-order valence-electron chi connectivity index (χ0n) is 12.9. The molecule has 7 nitrogen and oxygen atoms in total. The molecule has 0 saturated heterocycles. The predicted octanol–water partition coefficient (Wildman–Crippen LogP) is 0.595.